The van der Waals surface area contributed by atoms with Crippen molar-refractivity contribution < 1.29 is 9.90 Å². The summed E-state index contributed by atoms with van der Waals surface area (Å²) in [5.41, 5.74) is 9.97. The fourth-order valence-corrected chi connectivity index (χ4v) is 2.92. The Morgan fingerprint density at radius 1 is 1.22 bits per heavy atom. The van der Waals surface area contributed by atoms with Gasteiger partial charge in [-0.1, -0.05) is 54.1 Å². The van der Waals surface area contributed by atoms with E-state index >= 15 is 0 Å². The van der Waals surface area contributed by atoms with Gasteiger partial charge in [0.1, 0.15) is 6.04 Å². The minimum Gasteiger partial charge on any atom is -0.390 e. The molecule has 4 N–H and O–H groups in total. The Morgan fingerprint density at radius 2 is 1.87 bits per heavy atom. The third-order valence-electron chi connectivity index (χ3n) is 4.22. The third-order valence-corrected chi connectivity index (χ3v) is 4.22. The molecular weight excluding hydrogens is 312 g/mol. The summed E-state index contributed by atoms with van der Waals surface area (Å²) < 4.78 is 0. The Kier molecular flexibility index (Phi) is 5.42. The largest absolute Gasteiger partial charge is 0.390 e. The Bertz CT molecular complexity index is 688. The van der Waals surface area contributed by atoms with Crippen molar-refractivity contribution >= 4 is 18.3 Å². The first-order valence-corrected chi connectivity index (χ1v) is 7.44. The van der Waals surface area contributed by atoms with Gasteiger partial charge in [-0.3, -0.25) is 4.79 Å². The molecule has 0 bridgehead atoms. The summed E-state index contributed by atoms with van der Waals surface area (Å²) in [7, 11) is 0. The second-order valence-corrected chi connectivity index (χ2v) is 5.84. The Hall–Kier alpha value is -1.88. The quantitative estimate of drug-likeness (QED) is 0.806. The fourth-order valence-electron chi connectivity index (χ4n) is 2.92. The zero-order valence-corrected chi connectivity index (χ0v) is 13.7. The van der Waals surface area contributed by atoms with Gasteiger partial charge in [-0.05, 0) is 23.6 Å². The molecule has 1 aliphatic carbocycles. The summed E-state index contributed by atoms with van der Waals surface area (Å²) in [5, 5.41) is 13.1. The van der Waals surface area contributed by atoms with Crippen LogP contribution in [-0.4, -0.2) is 17.1 Å². The molecule has 1 aliphatic rings. The molecule has 0 aromatic heterocycles. The van der Waals surface area contributed by atoms with Gasteiger partial charge in [0.15, 0.2) is 0 Å². The second-order valence-electron chi connectivity index (χ2n) is 5.84. The minimum absolute atomic E-state index is 0. The van der Waals surface area contributed by atoms with Crippen LogP contribution in [0.5, 0.6) is 0 Å². The van der Waals surface area contributed by atoms with E-state index in [2.05, 4.69) is 5.32 Å². The van der Waals surface area contributed by atoms with Crippen LogP contribution in [0.25, 0.3) is 0 Å². The highest BCUT2D eigenvalue weighted by Gasteiger charge is 2.33. The predicted molar refractivity (Wildman–Crippen MR) is 92.4 cm³/mol. The summed E-state index contributed by atoms with van der Waals surface area (Å²) >= 11 is 0. The van der Waals surface area contributed by atoms with Gasteiger partial charge < -0.3 is 16.2 Å². The van der Waals surface area contributed by atoms with Gasteiger partial charge in [-0.2, -0.15) is 0 Å². The Labute approximate surface area is 142 Å². The highest BCUT2D eigenvalue weighted by atomic mass is 35.5. The molecule has 0 spiro atoms. The zero-order chi connectivity index (χ0) is 15.7. The monoisotopic (exact) mass is 332 g/mol. The number of halogens is 1. The lowest BCUT2D eigenvalue weighted by Gasteiger charge is -2.21. The maximum Gasteiger partial charge on any atom is 0.242 e. The molecule has 0 saturated carbocycles. The number of amides is 1. The topological polar surface area (TPSA) is 75.4 Å². The Balaban J connectivity index is 0.00000192. The van der Waals surface area contributed by atoms with E-state index < -0.39 is 12.1 Å². The molecule has 122 valence electrons. The average molecular weight is 333 g/mol. The maximum absolute atomic E-state index is 12.4. The standard InChI is InChI=1S/C18H20N2O2.ClH/c1-11-6-8-12(9-7-11)16(19)18(22)20-17-14-5-3-2-4-13(14)10-15(17)21;/h2-9,15-17,21H,10,19H2,1H3,(H,20,22);1H/t15-,16?,17+;/m0./s1. The fraction of sp³-hybridized carbons (Fsp3) is 0.278. The van der Waals surface area contributed by atoms with E-state index in [1.165, 1.54) is 0 Å². The first-order chi connectivity index (χ1) is 10.6. The number of rotatable bonds is 3. The second kappa shape index (κ2) is 7.13. The average Bonchev–Trinajstić information content (AvgIpc) is 2.83. The van der Waals surface area contributed by atoms with Gasteiger partial charge in [0.2, 0.25) is 5.91 Å². The first-order valence-electron chi connectivity index (χ1n) is 7.44. The predicted octanol–water partition coefficient (Wildman–Crippen LogP) is 2.19. The van der Waals surface area contributed by atoms with Gasteiger partial charge >= 0.3 is 0 Å². The number of fused-ring (bicyclic) bond motifs is 1. The number of hydrogen-bond acceptors (Lipinski definition) is 3. The molecular formula is C18H21ClN2O2. The molecule has 1 unspecified atom stereocenters. The summed E-state index contributed by atoms with van der Waals surface area (Å²) in [4.78, 5) is 12.4. The van der Waals surface area contributed by atoms with E-state index in [-0.39, 0.29) is 24.4 Å². The number of carbonyl (C=O) groups excluding carboxylic acids is 1. The van der Waals surface area contributed by atoms with E-state index in [9.17, 15) is 9.90 Å². The molecule has 4 nitrogen and oxygen atoms in total. The highest BCUT2D eigenvalue weighted by molar-refractivity contribution is 5.85. The van der Waals surface area contributed by atoms with Crippen molar-refractivity contribution in [2.45, 2.75) is 31.5 Å². The summed E-state index contributed by atoms with van der Waals surface area (Å²) in [6, 6.07) is 14.2. The van der Waals surface area contributed by atoms with Crippen LogP contribution in [0.1, 0.15) is 34.3 Å². The molecule has 2 aromatic carbocycles. The number of carbonyl (C=O) groups is 1. The number of benzene rings is 2. The van der Waals surface area contributed by atoms with Crippen LogP contribution in [0.4, 0.5) is 0 Å². The van der Waals surface area contributed by atoms with Gasteiger partial charge in [-0.25, -0.2) is 0 Å². The lowest BCUT2D eigenvalue weighted by molar-refractivity contribution is -0.124. The SMILES string of the molecule is Cc1ccc(C(N)C(=O)N[C@@H]2c3ccccc3C[C@@H]2O)cc1.Cl. The molecule has 5 heteroatoms. The van der Waals surface area contributed by atoms with Crippen LogP contribution in [0.3, 0.4) is 0 Å². The molecule has 3 rings (SSSR count). The molecule has 2 aromatic rings. The number of aryl methyl sites for hydroxylation is 1. The zero-order valence-electron chi connectivity index (χ0n) is 12.9. The first kappa shape index (κ1) is 17.5. The van der Waals surface area contributed by atoms with Crippen LogP contribution < -0.4 is 11.1 Å². The van der Waals surface area contributed by atoms with E-state index in [0.29, 0.717) is 6.42 Å². The smallest absolute Gasteiger partial charge is 0.242 e. The molecule has 0 heterocycles. The summed E-state index contributed by atoms with van der Waals surface area (Å²) in [5.74, 6) is -0.274. The van der Waals surface area contributed by atoms with Crippen molar-refractivity contribution in [1.82, 2.24) is 5.32 Å². The molecule has 23 heavy (non-hydrogen) atoms. The molecule has 0 radical (unpaired) electrons. The maximum atomic E-state index is 12.4. The summed E-state index contributed by atoms with van der Waals surface area (Å²) in [6.07, 6.45) is -0.0486. The van der Waals surface area contributed by atoms with Crippen molar-refractivity contribution in [3.05, 3.63) is 70.8 Å². The van der Waals surface area contributed by atoms with Crippen LogP contribution in [0, 0.1) is 6.92 Å². The molecule has 3 atom stereocenters. The summed E-state index contributed by atoms with van der Waals surface area (Å²) in [6.45, 7) is 1.99. The van der Waals surface area contributed by atoms with Crippen LogP contribution in [0.15, 0.2) is 48.5 Å². The highest BCUT2D eigenvalue weighted by Crippen LogP contribution is 2.31. The van der Waals surface area contributed by atoms with E-state index in [1.54, 1.807) is 0 Å². The third kappa shape index (κ3) is 3.55. The lowest BCUT2D eigenvalue weighted by Crippen LogP contribution is -2.39. The number of nitrogens with two attached hydrogens (primary N) is 1. The minimum atomic E-state index is -0.736. The van der Waals surface area contributed by atoms with Crippen molar-refractivity contribution in [3.8, 4) is 0 Å². The molecule has 1 amide bonds. The van der Waals surface area contributed by atoms with Gasteiger partial charge in [-0.15, -0.1) is 12.4 Å². The normalized spacial score (nSPS) is 20.3. The van der Waals surface area contributed by atoms with Crippen molar-refractivity contribution in [2.75, 3.05) is 0 Å². The van der Waals surface area contributed by atoms with Crippen molar-refractivity contribution in [2.24, 2.45) is 5.73 Å². The Morgan fingerprint density at radius 3 is 2.57 bits per heavy atom. The number of nitrogens with one attached hydrogen (secondary N) is 1. The van der Waals surface area contributed by atoms with E-state index in [4.69, 9.17) is 5.73 Å². The van der Waals surface area contributed by atoms with E-state index in [1.807, 2.05) is 55.5 Å². The van der Waals surface area contributed by atoms with Crippen molar-refractivity contribution in [1.29, 1.82) is 0 Å². The van der Waals surface area contributed by atoms with Crippen LogP contribution >= 0.6 is 12.4 Å². The lowest BCUT2D eigenvalue weighted by atomic mass is 10.0. The van der Waals surface area contributed by atoms with Gasteiger partial charge in [0.25, 0.3) is 0 Å². The van der Waals surface area contributed by atoms with E-state index in [0.717, 1.165) is 22.3 Å². The number of hydrogen-bond donors (Lipinski definition) is 3. The molecule has 0 aliphatic heterocycles. The molecule has 0 fully saturated rings. The van der Waals surface area contributed by atoms with Gasteiger partial charge in [0, 0.05) is 6.42 Å². The number of aliphatic hydroxyl groups excluding tert-OH is 1. The number of aliphatic hydroxyl groups is 1. The van der Waals surface area contributed by atoms with Crippen LogP contribution in [-0.2, 0) is 11.2 Å². The molecule has 0 saturated heterocycles. The van der Waals surface area contributed by atoms with Gasteiger partial charge in [0.05, 0.1) is 12.1 Å². The van der Waals surface area contributed by atoms with Crippen molar-refractivity contribution in [3.63, 3.8) is 0 Å². The van der Waals surface area contributed by atoms with Crippen LogP contribution in [0.2, 0.25) is 0 Å².